The summed E-state index contributed by atoms with van der Waals surface area (Å²) in [5.41, 5.74) is 6.55. The summed E-state index contributed by atoms with van der Waals surface area (Å²) in [7, 11) is -3.83. The minimum absolute atomic E-state index is 0.288. The Labute approximate surface area is 125 Å². The van der Waals surface area contributed by atoms with Gasteiger partial charge in [-0.3, -0.25) is 4.90 Å². The number of nitrogens with zero attached hydrogens (tertiary/aromatic N) is 2. The lowest BCUT2D eigenvalue weighted by Gasteiger charge is -2.36. The van der Waals surface area contributed by atoms with E-state index in [-0.39, 0.29) is 10.6 Å². The van der Waals surface area contributed by atoms with Gasteiger partial charge in [0, 0.05) is 37.9 Å². The molecule has 21 heavy (non-hydrogen) atoms. The lowest BCUT2D eigenvalue weighted by molar-refractivity contribution is 0.154. The Kier molecular flexibility index (Phi) is 4.55. The van der Waals surface area contributed by atoms with E-state index in [0.717, 1.165) is 0 Å². The lowest BCUT2D eigenvalue weighted by Crippen LogP contribution is -2.50. The molecule has 2 rings (SSSR count). The first-order chi connectivity index (χ1) is 9.73. The van der Waals surface area contributed by atoms with Gasteiger partial charge < -0.3 is 5.73 Å². The molecule has 1 heterocycles. The van der Waals surface area contributed by atoms with Gasteiger partial charge in [-0.15, -0.1) is 0 Å². The van der Waals surface area contributed by atoms with E-state index in [0.29, 0.717) is 37.8 Å². The summed E-state index contributed by atoms with van der Waals surface area (Å²) in [5, 5.41) is 0. The highest BCUT2D eigenvalue weighted by molar-refractivity contribution is 7.89. The number of anilines is 1. The minimum atomic E-state index is -3.83. The summed E-state index contributed by atoms with van der Waals surface area (Å²) in [5.74, 6) is -0.743. The molecule has 118 valence electrons. The van der Waals surface area contributed by atoms with Gasteiger partial charge in [0.1, 0.15) is 10.7 Å². The number of halogens is 1. The van der Waals surface area contributed by atoms with Crippen molar-refractivity contribution in [2.75, 3.05) is 31.9 Å². The zero-order chi connectivity index (χ0) is 15.8. The van der Waals surface area contributed by atoms with Crippen LogP contribution in [-0.4, -0.2) is 49.8 Å². The van der Waals surface area contributed by atoms with Crippen LogP contribution in [0.15, 0.2) is 17.0 Å². The number of nitrogens with two attached hydrogens (primary N) is 1. The lowest BCUT2D eigenvalue weighted by atomic mass is 10.2. The Balaban J connectivity index is 2.26. The molecule has 1 aliphatic heterocycles. The fourth-order valence-corrected chi connectivity index (χ4v) is 3.97. The van der Waals surface area contributed by atoms with Crippen LogP contribution in [0.25, 0.3) is 0 Å². The molecule has 0 bridgehead atoms. The molecule has 0 aromatic heterocycles. The molecule has 0 spiro atoms. The summed E-state index contributed by atoms with van der Waals surface area (Å²) >= 11 is 0. The number of aryl methyl sites for hydroxylation is 1. The second-order valence-electron chi connectivity index (χ2n) is 5.67. The van der Waals surface area contributed by atoms with E-state index in [1.165, 1.54) is 16.4 Å². The number of piperazine rings is 1. The van der Waals surface area contributed by atoms with Crippen molar-refractivity contribution in [1.82, 2.24) is 9.21 Å². The predicted octanol–water partition coefficient (Wildman–Crippen LogP) is 1.43. The van der Waals surface area contributed by atoms with Crippen molar-refractivity contribution in [2.45, 2.75) is 31.7 Å². The minimum Gasteiger partial charge on any atom is -0.398 e. The molecule has 0 amide bonds. The van der Waals surface area contributed by atoms with E-state index in [2.05, 4.69) is 18.7 Å². The van der Waals surface area contributed by atoms with Crippen molar-refractivity contribution in [1.29, 1.82) is 0 Å². The fraction of sp³-hybridized carbons (Fsp3) is 0.571. The third kappa shape index (κ3) is 3.20. The van der Waals surface area contributed by atoms with Crippen LogP contribution in [0.4, 0.5) is 10.1 Å². The molecular formula is C14H22FN3O2S. The SMILES string of the molecule is Cc1cc(F)c(S(=O)(=O)N2CCN(C(C)C)CC2)cc1N. The van der Waals surface area contributed by atoms with Crippen molar-refractivity contribution >= 4 is 15.7 Å². The Hall–Kier alpha value is -1.18. The van der Waals surface area contributed by atoms with Crippen LogP contribution in [0.5, 0.6) is 0 Å². The van der Waals surface area contributed by atoms with Gasteiger partial charge in [0.2, 0.25) is 10.0 Å². The quantitative estimate of drug-likeness (QED) is 0.857. The number of hydrogen-bond donors (Lipinski definition) is 1. The van der Waals surface area contributed by atoms with Crippen LogP contribution in [0.2, 0.25) is 0 Å². The standard InChI is InChI=1S/C14H22FN3O2S/c1-10(2)17-4-6-18(7-5-17)21(19,20)14-9-13(16)11(3)8-12(14)15/h8-10H,4-7,16H2,1-3H3. The molecule has 0 unspecified atom stereocenters. The number of sulfonamides is 1. The summed E-state index contributed by atoms with van der Waals surface area (Å²) in [4.78, 5) is 1.87. The first kappa shape index (κ1) is 16.2. The molecule has 5 nitrogen and oxygen atoms in total. The second-order valence-corrected chi connectivity index (χ2v) is 7.58. The summed E-state index contributed by atoms with van der Waals surface area (Å²) < 4.78 is 40.5. The topological polar surface area (TPSA) is 66.6 Å². The van der Waals surface area contributed by atoms with E-state index < -0.39 is 15.8 Å². The average Bonchev–Trinajstić information content (AvgIpc) is 2.42. The van der Waals surface area contributed by atoms with Crippen molar-refractivity contribution in [3.05, 3.63) is 23.5 Å². The van der Waals surface area contributed by atoms with Gasteiger partial charge in [0.25, 0.3) is 0 Å². The molecule has 0 aliphatic carbocycles. The van der Waals surface area contributed by atoms with Gasteiger partial charge >= 0.3 is 0 Å². The fourth-order valence-electron chi connectivity index (χ4n) is 2.47. The molecule has 1 saturated heterocycles. The van der Waals surface area contributed by atoms with Gasteiger partial charge in [-0.1, -0.05) is 0 Å². The van der Waals surface area contributed by atoms with Gasteiger partial charge in [-0.2, -0.15) is 4.31 Å². The normalized spacial score (nSPS) is 18.3. The van der Waals surface area contributed by atoms with Gasteiger partial charge in [0.05, 0.1) is 0 Å². The molecule has 0 radical (unpaired) electrons. The summed E-state index contributed by atoms with van der Waals surface area (Å²) in [6.07, 6.45) is 0. The van der Waals surface area contributed by atoms with Crippen molar-refractivity contribution in [3.63, 3.8) is 0 Å². The van der Waals surface area contributed by atoms with Crippen molar-refractivity contribution < 1.29 is 12.8 Å². The second kappa shape index (κ2) is 5.90. The van der Waals surface area contributed by atoms with Crippen molar-refractivity contribution in [3.8, 4) is 0 Å². The highest BCUT2D eigenvalue weighted by Gasteiger charge is 2.31. The highest BCUT2D eigenvalue weighted by atomic mass is 32.2. The molecule has 0 atom stereocenters. The number of hydrogen-bond acceptors (Lipinski definition) is 4. The summed E-state index contributed by atoms with van der Waals surface area (Å²) in [6.45, 7) is 7.84. The van der Waals surface area contributed by atoms with Crippen LogP contribution in [0, 0.1) is 12.7 Å². The number of benzene rings is 1. The zero-order valence-corrected chi connectivity index (χ0v) is 13.5. The predicted molar refractivity (Wildman–Crippen MR) is 81.0 cm³/mol. The zero-order valence-electron chi connectivity index (χ0n) is 12.6. The third-order valence-electron chi connectivity index (χ3n) is 3.94. The monoisotopic (exact) mass is 315 g/mol. The largest absolute Gasteiger partial charge is 0.398 e. The third-order valence-corrected chi connectivity index (χ3v) is 5.86. The van der Waals surface area contributed by atoms with Crippen LogP contribution in [0.1, 0.15) is 19.4 Å². The van der Waals surface area contributed by atoms with Crippen LogP contribution >= 0.6 is 0 Å². The highest BCUT2D eigenvalue weighted by Crippen LogP contribution is 2.25. The maximum atomic E-state index is 14.0. The molecule has 1 fully saturated rings. The first-order valence-corrected chi connectivity index (χ1v) is 8.47. The van der Waals surface area contributed by atoms with E-state index in [9.17, 15) is 12.8 Å². The van der Waals surface area contributed by atoms with E-state index in [4.69, 9.17) is 5.73 Å². The average molecular weight is 315 g/mol. The van der Waals surface area contributed by atoms with Crippen LogP contribution in [0.3, 0.4) is 0 Å². The molecule has 1 aromatic rings. The Morgan fingerprint density at radius 2 is 1.76 bits per heavy atom. The molecule has 2 N–H and O–H groups in total. The van der Waals surface area contributed by atoms with Crippen LogP contribution in [-0.2, 0) is 10.0 Å². The molecule has 1 aromatic carbocycles. The van der Waals surface area contributed by atoms with E-state index >= 15 is 0 Å². The molecule has 1 aliphatic rings. The smallest absolute Gasteiger partial charge is 0.246 e. The molecule has 7 heteroatoms. The Morgan fingerprint density at radius 1 is 1.19 bits per heavy atom. The van der Waals surface area contributed by atoms with Gasteiger partial charge in [0.15, 0.2) is 0 Å². The van der Waals surface area contributed by atoms with Crippen molar-refractivity contribution in [2.24, 2.45) is 0 Å². The molecular weight excluding hydrogens is 293 g/mol. The van der Waals surface area contributed by atoms with E-state index in [1.807, 2.05) is 0 Å². The Morgan fingerprint density at radius 3 is 2.29 bits per heavy atom. The number of rotatable bonds is 3. The van der Waals surface area contributed by atoms with Gasteiger partial charge in [-0.25, -0.2) is 12.8 Å². The first-order valence-electron chi connectivity index (χ1n) is 7.03. The van der Waals surface area contributed by atoms with E-state index in [1.54, 1.807) is 6.92 Å². The number of nitrogen functional groups attached to an aromatic ring is 1. The summed E-state index contributed by atoms with van der Waals surface area (Å²) in [6, 6.07) is 2.77. The maximum Gasteiger partial charge on any atom is 0.246 e. The maximum absolute atomic E-state index is 14.0. The van der Waals surface area contributed by atoms with Crippen LogP contribution < -0.4 is 5.73 Å². The Bertz CT molecular complexity index is 623. The van der Waals surface area contributed by atoms with Gasteiger partial charge in [-0.05, 0) is 38.5 Å². The molecule has 0 saturated carbocycles.